The molecule has 53 heavy (non-hydrogen) atoms. The molecule has 252 valence electrons. The Hall–Kier alpha value is -6.78. The van der Waals surface area contributed by atoms with Gasteiger partial charge in [0.05, 0.1) is 11.4 Å². The zero-order chi connectivity index (χ0) is 35.5. The molecule has 1 aliphatic carbocycles. The summed E-state index contributed by atoms with van der Waals surface area (Å²) in [6.45, 7) is 4.55. The van der Waals surface area contributed by atoms with Gasteiger partial charge in [0.2, 0.25) is 0 Å². The number of nitrogens with zero attached hydrogens (tertiary/aromatic N) is 2. The van der Waals surface area contributed by atoms with Crippen molar-refractivity contribution in [2.75, 3.05) is 0 Å². The van der Waals surface area contributed by atoms with Gasteiger partial charge in [0.1, 0.15) is 0 Å². The molecule has 8 aromatic rings. The summed E-state index contributed by atoms with van der Waals surface area (Å²) in [5.41, 5.74) is 13.9. The van der Waals surface area contributed by atoms with Crippen molar-refractivity contribution in [2.45, 2.75) is 19.3 Å². The predicted molar refractivity (Wildman–Crippen MR) is 213 cm³/mol. The molecule has 0 spiro atoms. The SMILES string of the molecule is CC1(C)c2ccccc2-c2c1ccc1c2Oc2ccc(-c3cccc(-c4cc(-c5cccc(-c6ccccc6)c5)nc(-c5ccccc5)n4)c3)cc2O1. The third-order valence-corrected chi connectivity index (χ3v) is 10.6. The fourth-order valence-corrected chi connectivity index (χ4v) is 7.81. The lowest BCUT2D eigenvalue weighted by Gasteiger charge is -2.25. The molecule has 0 fully saturated rings. The third-order valence-electron chi connectivity index (χ3n) is 10.6. The topological polar surface area (TPSA) is 44.2 Å². The second-order valence-corrected chi connectivity index (χ2v) is 14.2. The molecule has 7 aromatic carbocycles. The highest BCUT2D eigenvalue weighted by molar-refractivity contribution is 5.88. The fourth-order valence-electron chi connectivity index (χ4n) is 7.81. The summed E-state index contributed by atoms with van der Waals surface area (Å²) in [5.74, 6) is 3.60. The van der Waals surface area contributed by atoms with Gasteiger partial charge in [-0.3, -0.25) is 0 Å². The van der Waals surface area contributed by atoms with Crippen LogP contribution < -0.4 is 9.47 Å². The Balaban J connectivity index is 1.02. The van der Waals surface area contributed by atoms with Gasteiger partial charge in [0, 0.05) is 27.7 Å². The highest BCUT2D eigenvalue weighted by Crippen LogP contribution is 2.58. The van der Waals surface area contributed by atoms with E-state index >= 15 is 0 Å². The van der Waals surface area contributed by atoms with E-state index in [9.17, 15) is 0 Å². The summed E-state index contributed by atoms with van der Waals surface area (Å²) < 4.78 is 13.2. The van der Waals surface area contributed by atoms with E-state index in [0.29, 0.717) is 17.3 Å². The summed E-state index contributed by atoms with van der Waals surface area (Å²) in [5, 5.41) is 0. The molecular formula is C49H34N2O2. The van der Waals surface area contributed by atoms with Gasteiger partial charge in [-0.1, -0.05) is 147 Å². The molecule has 1 aromatic heterocycles. The molecule has 4 nitrogen and oxygen atoms in total. The van der Waals surface area contributed by atoms with Gasteiger partial charge in [0.25, 0.3) is 0 Å². The molecule has 0 bridgehead atoms. The molecule has 1 aliphatic heterocycles. The molecule has 2 heterocycles. The van der Waals surface area contributed by atoms with E-state index < -0.39 is 0 Å². The number of fused-ring (bicyclic) bond motifs is 6. The van der Waals surface area contributed by atoms with E-state index in [2.05, 4.69) is 147 Å². The van der Waals surface area contributed by atoms with Crippen molar-refractivity contribution < 1.29 is 9.47 Å². The molecule has 0 unspecified atom stereocenters. The van der Waals surface area contributed by atoms with Crippen LogP contribution in [0.3, 0.4) is 0 Å². The van der Waals surface area contributed by atoms with Gasteiger partial charge in [-0.05, 0) is 75.3 Å². The van der Waals surface area contributed by atoms with Crippen molar-refractivity contribution in [3.05, 3.63) is 181 Å². The summed E-state index contributed by atoms with van der Waals surface area (Å²) in [7, 11) is 0. The van der Waals surface area contributed by atoms with Crippen LogP contribution in [0.4, 0.5) is 0 Å². The summed E-state index contributed by atoms with van der Waals surface area (Å²) in [6.07, 6.45) is 0. The lowest BCUT2D eigenvalue weighted by Crippen LogP contribution is -2.15. The average Bonchev–Trinajstić information content (AvgIpc) is 3.46. The first kappa shape index (κ1) is 31.0. The fraction of sp³-hybridized carbons (Fsp3) is 0.0612. The van der Waals surface area contributed by atoms with Crippen molar-refractivity contribution in [2.24, 2.45) is 0 Å². The predicted octanol–water partition coefficient (Wildman–Crippen LogP) is 13.0. The van der Waals surface area contributed by atoms with Crippen molar-refractivity contribution in [3.8, 4) is 90.3 Å². The number of aromatic nitrogens is 2. The van der Waals surface area contributed by atoms with Crippen LogP contribution in [0.1, 0.15) is 25.0 Å². The van der Waals surface area contributed by atoms with E-state index in [1.165, 1.54) is 22.3 Å². The highest BCUT2D eigenvalue weighted by atomic mass is 16.6. The first-order valence-electron chi connectivity index (χ1n) is 18.0. The molecule has 0 N–H and O–H groups in total. The van der Waals surface area contributed by atoms with Gasteiger partial charge in [-0.25, -0.2) is 9.97 Å². The second kappa shape index (κ2) is 12.2. The van der Waals surface area contributed by atoms with Gasteiger partial charge >= 0.3 is 0 Å². The highest BCUT2D eigenvalue weighted by Gasteiger charge is 2.39. The Kier molecular flexibility index (Phi) is 7.12. The maximum Gasteiger partial charge on any atom is 0.178 e. The third kappa shape index (κ3) is 5.30. The molecule has 4 heteroatoms. The lowest BCUT2D eigenvalue weighted by molar-refractivity contribution is 0.360. The molecule has 0 amide bonds. The first-order chi connectivity index (χ1) is 26.0. The zero-order valence-electron chi connectivity index (χ0n) is 29.4. The van der Waals surface area contributed by atoms with Gasteiger partial charge in [0.15, 0.2) is 28.8 Å². The van der Waals surface area contributed by atoms with Crippen molar-refractivity contribution >= 4 is 0 Å². The van der Waals surface area contributed by atoms with Crippen LogP contribution in [-0.2, 0) is 5.41 Å². The number of hydrogen-bond donors (Lipinski definition) is 0. The number of ether oxygens (including phenoxy) is 2. The summed E-state index contributed by atoms with van der Waals surface area (Å²) in [4.78, 5) is 10.2. The minimum Gasteiger partial charge on any atom is -0.449 e. The Labute approximate surface area is 309 Å². The van der Waals surface area contributed by atoms with Crippen LogP contribution in [-0.4, -0.2) is 9.97 Å². The van der Waals surface area contributed by atoms with Crippen molar-refractivity contribution in [1.82, 2.24) is 9.97 Å². The number of benzene rings is 7. The number of rotatable bonds is 5. The van der Waals surface area contributed by atoms with E-state index in [1.807, 2.05) is 36.4 Å². The van der Waals surface area contributed by atoms with E-state index in [4.69, 9.17) is 19.4 Å². The second-order valence-electron chi connectivity index (χ2n) is 14.2. The molecule has 0 saturated heterocycles. The maximum atomic E-state index is 6.66. The van der Waals surface area contributed by atoms with E-state index in [0.717, 1.165) is 61.8 Å². The normalized spacial score (nSPS) is 13.2. The van der Waals surface area contributed by atoms with Crippen LogP contribution >= 0.6 is 0 Å². The van der Waals surface area contributed by atoms with Crippen LogP contribution in [0, 0.1) is 0 Å². The van der Waals surface area contributed by atoms with Gasteiger partial charge < -0.3 is 9.47 Å². The van der Waals surface area contributed by atoms with Crippen molar-refractivity contribution in [1.29, 1.82) is 0 Å². The maximum absolute atomic E-state index is 6.66. The lowest BCUT2D eigenvalue weighted by atomic mass is 9.82. The Morgan fingerprint density at radius 3 is 1.68 bits per heavy atom. The van der Waals surface area contributed by atoms with Crippen LogP contribution in [0.2, 0.25) is 0 Å². The Bertz CT molecular complexity index is 2700. The van der Waals surface area contributed by atoms with Crippen molar-refractivity contribution in [3.63, 3.8) is 0 Å². The summed E-state index contributed by atoms with van der Waals surface area (Å²) >= 11 is 0. The van der Waals surface area contributed by atoms with Gasteiger partial charge in [-0.2, -0.15) is 0 Å². The standard InChI is InChI=1S/C49H34N2O2/c1-49(2)39-22-10-9-21-38(39)46-40(49)24-26-44-47(46)53-43-25-23-35(29-45(43)52-44)34-18-12-20-37(28-34)42-30-41(50-48(51-42)32-15-7-4-8-16-32)36-19-11-17-33(27-36)31-13-5-3-6-14-31/h3-30H,1-2H3. The molecule has 0 radical (unpaired) electrons. The van der Waals surface area contributed by atoms with Gasteiger partial charge in [-0.15, -0.1) is 0 Å². The minimum absolute atomic E-state index is 0.113. The number of hydrogen-bond acceptors (Lipinski definition) is 4. The molecule has 0 atom stereocenters. The van der Waals surface area contributed by atoms with E-state index in [1.54, 1.807) is 0 Å². The quantitative estimate of drug-likeness (QED) is 0.181. The largest absolute Gasteiger partial charge is 0.449 e. The first-order valence-corrected chi connectivity index (χ1v) is 18.0. The Morgan fingerprint density at radius 2 is 0.962 bits per heavy atom. The molecule has 0 saturated carbocycles. The minimum atomic E-state index is -0.113. The average molecular weight is 683 g/mol. The zero-order valence-corrected chi connectivity index (χ0v) is 29.4. The smallest absolute Gasteiger partial charge is 0.178 e. The molecular weight excluding hydrogens is 649 g/mol. The summed E-state index contributed by atoms with van der Waals surface area (Å²) in [6, 6.07) is 58.8. The van der Waals surface area contributed by atoms with E-state index in [-0.39, 0.29) is 5.41 Å². The Morgan fingerprint density at radius 1 is 0.396 bits per heavy atom. The van der Waals surface area contributed by atoms with Crippen LogP contribution in [0.25, 0.3) is 67.3 Å². The molecule has 10 rings (SSSR count). The monoisotopic (exact) mass is 682 g/mol. The van der Waals surface area contributed by atoms with Crippen LogP contribution in [0.15, 0.2) is 170 Å². The van der Waals surface area contributed by atoms with Crippen LogP contribution in [0.5, 0.6) is 23.0 Å². The molecule has 2 aliphatic rings.